The minimum atomic E-state index is -1.18. The molecule has 14 heavy (non-hydrogen) atoms. The molecule has 0 amide bonds. The molecule has 1 aliphatic rings. The van der Waals surface area contributed by atoms with Crippen LogP contribution in [0.3, 0.4) is 0 Å². The van der Waals surface area contributed by atoms with Gasteiger partial charge in [-0.05, 0) is 25.6 Å². The van der Waals surface area contributed by atoms with Crippen LogP contribution in [0, 0.1) is 0 Å². The lowest BCUT2D eigenvalue weighted by Crippen LogP contribution is -2.47. The van der Waals surface area contributed by atoms with Crippen LogP contribution in [0.1, 0.15) is 12.8 Å². The van der Waals surface area contributed by atoms with E-state index < -0.39 is 8.07 Å². The summed E-state index contributed by atoms with van der Waals surface area (Å²) in [6.45, 7) is 6.85. The van der Waals surface area contributed by atoms with E-state index in [1.54, 1.807) is 7.11 Å². The molecule has 4 heteroatoms. The van der Waals surface area contributed by atoms with Crippen molar-refractivity contribution in [3.8, 4) is 0 Å². The van der Waals surface area contributed by atoms with Crippen molar-refractivity contribution in [1.82, 2.24) is 4.90 Å². The Labute approximate surface area is 93.6 Å². The molecule has 0 aromatic heterocycles. The number of alkyl halides is 1. The first-order valence-corrected chi connectivity index (χ1v) is 9.33. The van der Waals surface area contributed by atoms with E-state index in [9.17, 15) is 0 Å². The Hall–Kier alpha value is 0.427. The van der Waals surface area contributed by atoms with Crippen molar-refractivity contribution in [3.05, 3.63) is 0 Å². The number of methoxy groups -OCH3 is 1. The average Bonchev–Trinajstić information content (AvgIpc) is 2.53. The Morgan fingerprint density at radius 1 is 1.50 bits per heavy atom. The molecule has 1 aliphatic heterocycles. The summed E-state index contributed by atoms with van der Waals surface area (Å²) in [5.41, 5.74) is 0.864. The molecule has 1 fully saturated rings. The minimum Gasteiger partial charge on any atom is -0.383 e. The molecule has 84 valence electrons. The largest absolute Gasteiger partial charge is 0.383 e. The first-order chi connectivity index (χ1) is 6.59. The average molecular weight is 236 g/mol. The molecule has 0 aromatic rings. The van der Waals surface area contributed by atoms with Gasteiger partial charge in [-0.15, -0.1) is 11.6 Å². The van der Waals surface area contributed by atoms with Crippen molar-refractivity contribution >= 4 is 19.7 Å². The summed E-state index contributed by atoms with van der Waals surface area (Å²) in [5, 5.41) is 0. The van der Waals surface area contributed by atoms with Gasteiger partial charge in [0.25, 0.3) is 0 Å². The lowest BCUT2D eigenvalue weighted by molar-refractivity contribution is 0.124. The number of rotatable bonds is 5. The second-order valence-electron chi connectivity index (χ2n) is 5.02. The fraction of sp³-hybridized carbons (Fsp3) is 1.00. The van der Waals surface area contributed by atoms with E-state index >= 15 is 0 Å². The summed E-state index contributed by atoms with van der Waals surface area (Å²) < 4.78 is 5.24. The molecule has 0 N–H and O–H groups in total. The summed E-state index contributed by atoms with van der Waals surface area (Å²) in [6, 6.07) is 0.648. The third-order valence-electron chi connectivity index (χ3n) is 2.85. The Balaban J connectivity index is 2.42. The van der Waals surface area contributed by atoms with Crippen molar-refractivity contribution in [2.75, 3.05) is 31.9 Å². The van der Waals surface area contributed by atoms with Gasteiger partial charge in [-0.25, -0.2) is 0 Å². The Bertz CT molecular complexity index is 178. The Morgan fingerprint density at radius 2 is 2.21 bits per heavy atom. The van der Waals surface area contributed by atoms with Gasteiger partial charge in [-0.1, -0.05) is 13.1 Å². The number of hydrogen-bond acceptors (Lipinski definition) is 2. The predicted molar refractivity (Wildman–Crippen MR) is 64.7 cm³/mol. The monoisotopic (exact) mass is 235 g/mol. The SMILES string of the molecule is COC[C@H]1CCCN1C[Si](C)(C)CCl. The predicted octanol–water partition coefficient (Wildman–Crippen LogP) is 2.12. The lowest BCUT2D eigenvalue weighted by atomic mass is 10.2. The first-order valence-electron chi connectivity index (χ1n) is 5.38. The number of hydrogen-bond donors (Lipinski definition) is 0. The van der Waals surface area contributed by atoms with Gasteiger partial charge in [0, 0.05) is 18.7 Å². The molecule has 1 saturated heterocycles. The molecule has 0 radical (unpaired) electrons. The molecule has 0 unspecified atom stereocenters. The minimum absolute atomic E-state index is 0.648. The number of nitrogens with zero attached hydrogens (tertiary/aromatic N) is 1. The van der Waals surface area contributed by atoms with Crippen molar-refractivity contribution in [3.63, 3.8) is 0 Å². The second kappa shape index (κ2) is 5.49. The molecule has 0 spiro atoms. The van der Waals surface area contributed by atoms with Crippen LogP contribution in [-0.2, 0) is 4.74 Å². The van der Waals surface area contributed by atoms with Crippen LogP contribution in [0.4, 0.5) is 0 Å². The summed E-state index contributed by atoms with van der Waals surface area (Å²) in [5.74, 6) is 0. The van der Waals surface area contributed by atoms with Crippen LogP contribution in [0.15, 0.2) is 0 Å². The maximum absolute atomic E-state index is 6.00. The highest BCUT2D eigenvalue weighted by Crippen LogP contribution is 2.20. The number of ether oxygens (including phenoxy) is 1. The second-order valence-corrected chi connectivity index (χ2v) is 10.7. The van der Waals surface area contributed by atoms with Gasteiger partial charge in [-0.2, -0.15) is 0 Å². The smallest absolute Gasteiger partial charge is 0.0790 e. The maximum atomic E-state index is 6.00. The molecule has 1 heterocycles. The summed E-state index contributed by atoms with van der Waals surface area (Å²) in [4.78, 5) is 2.58. The number of halogens is 1. The molecule has 0 aromatic carbocycles. The van der Waals surface area contributed by atoms with Gasteiger partial charge in [-0.3, -0.25) is 0 Å². The van der Waals surface area contributed by atoms with Crippen LogP contribution in [-0.4, -0.2) is 50.9 Å². The van der Waals surface area contributed by atoms with Crippen molar-refractivity contribution in [2.45, 2.75) is 32.0 Å². The van der Waals surface area contributed by atoms with Crippen LogP contribution in [0.5, 0.6) is 0 Å². The van der Waals surface area contributed by atoms with E-state index in [4.69, 9.17) is 16.3 Å². The maximum Gasteiger partial charge on any atom is 0.0790 e. The zero-order chi connectivity index (χ0) is 10.6. The first kappa shape index (κ1) is 12.5. The normalized spacial score (nSPS) is 24.4. The van der Waals surface area contributed by atoms with Crippen molar-refractivity contribution < 1.29 is 4.74 Å². The Kier molecular flexibility index (Phi) is 4.90. The molecular weight excluding hydrogens is 214 g/mol. The van der Waals surface area contributed by atoms with E-state index in [1.807, 2.05) is 0 Å². The zero-order valence-corrected chi connectivity index (χ0v) is 11.3. The van der Waals surface area contributed by atoms with Gasteiger partial charge in [0.2, 0.25) is 0 Å². The highest BCUT2D eigenvalue weighted by Gasteiger charge is 2.30. The van der Waals surface area contributed by atoms with Crippen LogP contribution in [0.25, 0.3) is 0 Å². The quantitative estimate of drug-likeness (QED) is 0.535. The van der Waals surface area contributed by atoms with Gasteiger partial charge in [0.15, 0.2) is 0 Å². The third kappa shape index (κ3) is 3.53. The molecule has 1 rings (SSSR count). The van der Waals surface area contributed by atoms with Gasteiger partial charge < -0.3 is 9.64 Å². The summed E-state index contributed by atoms with van der Waals surface area (Å²) in [6.07, 6.45) is 3.84. The van der Waals surface area contributed by atoms with E-state index in [-0.39, 0.29) is 0 Å². The standard InChI is InChI=1S/C10H22ClNOSi/c1-13-7-10-5-4-6-12(10)9-14(2,3)8-11/h10H,4-9H2,1-3H3/t10-/m1/s1. The fourth-order valence-corrected chi connectivity index (χ4v) is 3.93. The molecule has 0 bridgehead atoms. The van der Waals surface area contributed by atoms with Crippen LogP contribution in [0.2, 0.25) is 13.1 Å². The number of likely N-dealkylation sites (tertiary alicyclic amines) is 1. The molecule has 0 aliphatic carbocycles. The van der Waals surface area contributed by atoms with E-state index in [1.165, 1.54) is 25.6 Å². The molecular formula is C10H22ClNOSi. The zero-order valence-electron chi connectivity index (χ0n) is 9.55. The van der Waals surface area contributed by atoms with Crippen LogP contribution >= 0.6 is 11.6 Å². The Morgan fingerprint density at radius 3 is 2.79 bits per heavy atom. The molecule has 2 nitrogen and oxygen atoms in total. The molecule has 0 saturated carbocycles. The van der Waals surface area contributed by atoms with E-state index in [0.717, 1.165) is 12.1 Å². The van der Waals surface area contributed by atoms with Crippen molar-refractivity contribution in [2.24, 2.45) is 0 Å². The highest BCUT2D eigenvalue weighted by molar-refractivity contribution is 6.83. The van der Waals surface area contributed by atoms with Gasteiger partial charge >= 0.3 is 0 Å². The highest BCUT2D eigenvalue weighted by atomic mass is 35.5. The fourth-order valence-electron chi connectivity index (χ4n) is 2.08. The van der Waals surface area contributed by atoms with Gasteiger partial charge in [0.05, 0.1) is 14.7 Å². The lowest BCUT2D eigenvalue weighted by Gasteiger charge is -2.30. The summed E-state index contributed by atoms with van der Waals surface area (Å²) >= 11 is 6.00. The van der Waals surface area contributed by atoms with E-state index in [0.29, 0.717) is 6.04 Å². The molecule has 1 atom stereocenters. The van der Waals surface area contributed by atoms with Crippen LogP contribution < -0.4 is 0 Å². The topological polar surface area (TPSA) is 12.5 Å². The van der Waals surface area contributed by atoms with Gasteiger partial charge in [0.1, 0.15) is 0 Å². The summed E-state index contributed by atoms with van der Waals surface area (Å²) in [7, 11) is 0.615. The third-order valence-corrected chi connectivity index (χ3v) is 7.01. The van der Waals surface area contributed by atoms with E-state index in [2.05, 4.69) is 18.0 Å². The van der Waals surface area contributed by atoms with Crippen molar-refractivity contribution in [1.29, 1.82) is 0 Å².